The molecule has 5 rings (SSSR count). The van der Waals surface area contributed by atoms with Gasteiger partial charge in [0.2, 0.25) is 0 Å². The van der Waals surface area contributed by atoms with Gasteiger partial charge in [-0.2, -0.15) is 13.2 Å². The van der Waals surface area contributed by atoms with E-state index in [0.717, 1.165) is 68.7 Å². The minimum Gasteiger partial charge on any atom is -0.497 e. The second-order valence-corrected chi connectivity index (χ2v) is 15.8. The fourth-order valence-corrected chi connectivity index (χ4v) is 8.16. The number of aliphatic carboxylic acids is 1. The molecule has 3 aliphatic rings. The molecule has 0 bridgehead atoms. The lowest BCUT2D eigenvalue weighted by molar-refractivity contribution is -0.217. The summed E-state index contributed by atoms with van der Waals surface area (Å²) in [6.07, 6.45) is 2.00. The van der Waals surface area contributed by atoms with Gasteiger partial charge >= 0.3 is 12.1 Å². The summed E-state index contributed by atoms with van der Waals surface area (Å²) in [7, 11) is 1.64. The van der Waals surface area contributed by atoms with E-state index in [-0.39, 0.29) is 60.4 Å². The summed E-state index contributed by atoms with van der Waals surface area (Å²) >= 11 is 0. The van der Waals surface area contributed by atoms with Gasteiger partial charge in [-0.25, -0.2) is 0 Å². The van der Waals surface area contributed by atoms with Gasteiger partial charge in [-0.15, -0.1) is 24.8 Å². The van der Waals surface area contributed by atoms with E-state index in [1.165, 1.54) is 19.4 Å². The predicted octanol–water partition coefficient (Wildman–Crippen LogP) is 8.55. The van der Waals surface area contributed by atoms with E-state index in [2.05, 4.69) is 26.0 Å². The maximum Gasteiger partial charge on any atom is 0.395 e. The Kier molecular flexibility index (Phi) is 14.0. The smallest absolute Gasteiger partial charge is 0.395 e. The van der Waals surface area contributed by atoms with Crippen molar-refractivity contribution in [3.63, 3.8) is 0 Å². The number of hydrogen-bond donors (Lipinski definition) is 1. The number of methoxy groups -OCH3 is 1. The first-order valence-electron chi connectivity index (χ1n) is 17.3. The largest absolute Gasteiger partial charge is 0.497 e. The summed E-state index contributed by atoms with van der Waals surface area (Å²) in [4.78, 5) is 15.0. The van der Waals surface area contributed by atoms with E-state index in [1.54, 1.807) is 7.11 Å². The van der Waals surface area contributed by atoms with Crippen molar-refractivity contribution in [1.82, 2.24) is 9.80 Å². The van der Waals surface area contributed by atoms with Gasteiger partial charge in [-0.1, -0.05) is 24.3 Å². The molecule has 2 aliphatic heterocycles. The number of hydrogen-bond acceptors (Lipinski definition) is 6. The summed E-state index contributed by atoms with van der Waals surface area (Å²) in [5.74, 6) is 0.764. The number of rotatable bonds is 13. The zero-order valence-corrected chi connectivity index (χ0v) is 31.7. The van der Waals surface area contributed by atoms with E-state index in [1.807, 2.05) is 46.2 Å². The van der Waals surface area contributed by atoms with Crippen LogP contribution in [0.3, 0.4) is 0 Å². The average Bonchev–Trinajstić information content (AvgIpc) is 2.99. The van der Waals surface area contributed by atoms with Gasteiger partial charge < -0.3 is 19.3 Å². The first-order valence-corrected chi connectivity index (χ1v) is 17.3. The summed E-state index contributed by atoms with van der Waals surface area (Å²) in [5.41, 5.74) is -0.0978. The molecule has 2 heterocycles. The van der Waals surface area contributed by atoms with E-state index < -0.39 is 17.6 Å². The molecule has 0 aromatic heterocycles. The normalized spacial score (nSPS) is 22.3. The Balaban J connectivity index is 0.00000338. The number of halogens is 5. The van der Waals surface area contributed by atoms with Gasteiger partial charge in [-0.05, 0) is 133 Å². The van der Waals surface area contributed by atoms with Crippen molar-refractivity contribution in [3.05, 3.63) is 59.7 Å². The van der Waals surface area contributed by atoms with Gasteiger partial charge in [0.15, 0.2) is 0 Å². The van der Waals surface area contributed by atoms with Gasteiger partial charge in [0.25, 0.3) is 0 Å². The number of ether oxygens (including phenoxy) is 3. The van der Waals surface area contributed by atoms with Gasteiger partial charge in [0.05, 0.1) is 30.8 Å². The Morgan fingerprint density at radius 3 is 2.12 bits per heavy atom. The minimum absolute atomic E-state index is 0. The third kappa shape index (κ3) is 10.4. The predicted molar refractivity (Wildman–Crippen MR) is 194 cm³/mol. The van der Waals surface area contributed by atoms with Crippen molar-refractivity contribution in [2.75, 3.05) is 46.4 Å². The lowest BCUT2D eigenvalue weighted by Gasteiger charge is -2.51. The molecule has 1 aliphatic carbocycles. The van der Waals surface area contributed by atoms with Crippen LogP contribution in [0.4, 0.5) is 13.2 Å². The topological polar surface area (TPSA) is 71.5 Å². The second-order valence-electron chi connectivity index (χ2n) is 15.8. The van der Waals surface area contributed by atoms with Crippen LogP contribution < -0.4 is 9.47 Å². The second kappa shape index (κ2) is 16.6. The Morgan fingerprint density at radius 1 is 0.980 bits per heavy atom. The summed E-state index contributed by atoms with van der Waals surface area (Å²) in [6.45, 7) is 9.87. The lowest BCUT2D eigenvalue weighted by atomic mass is 9.61. The highest BCUT2D eigenvalue weighted by atomic mass is 35.5. The van der Waals surface area contributed by atoms with E-state index in [9.17, 15) is 18.0 Å². The van der Waals surface area contributed by atoms with E-state index in [0.29, 0.717) is 26.1 Å². The van der Waals surface area contributed by atoms with Gasteiger partial charge in [-0.3, -0.25) is 14.6 Å². The molecule has 282 valence electrons. The molecule has 1 spiro atoms. The lowest BCUT2D eigenvalue weighted by Crippen LogP contribution is -2.51. The summed E-state index contributed by atoms with van der Waals surface area (Å²) in [6, 6.07) is 15.9. The molecular formula is C38H55Cl2F3N2O5. The number of benzene rings is 2. The molecular weight excluding hydrogens is 692 g/mol. The van der Waals surface area contributed by atoms with Crippen LogP contribution in [0, 0.1) is 10.8 Å². The van der Waals surface area contributed by atoms with Crippen molar-refractivity contribution in [3.8, 4) is 11.5 Å². The van der Waals surface area contributed by atoms with Crippen LogP contribution in [0.25, 0.3) is 0 Å². The van der Waals surface area contributed by atoms with E-state index in [4.69, 9.17) is 19.3 Å². The summed E-state index contributed by atoms with van der Waals surface area (Å²) in [5, 5.41) is 9.07. The molecule has 0 unspecified atom stereocenters. The number of carboxylic acid groups (broad SMARTS) is 1. The zero-order valence-electron chi connectivity index (χ0n) is 30.0. The zero-order chi connectivity index (χ0) is 34.8. The fourth-order valence-electron chi connectivity index (χ4n) is 8.16. The number of piperidine rings is 1. The molecule has 1 atom stereocenters. The number of nitrogens with zero attached hydrogens (tertiary/aromatic N) is 2. The molecule has 1 N–H and O–H groups in total. The Hall–Kier alpha value is -2.24. The molecule has 2 aromatic carbocycles. The molecule has 12 heteroatoms. The van der Waals surface area contributed by atoms with Crippen LogP contribution in [0.15, 0.2) is 48.5 Å². The van der Waals surface area contributed by atoms with Crippen LogP contribution in [0.1, 0.15) is 83.8 Å². The number of carbonyl (C=O) groups is 1. The summed E-state index contributed by atoms with van der Waals surface area (Å²) < 4.78 is 60.3. The molecule has 3 fully saturated rings. The maximum atomic E-state index is 14.2. The minimum atomic E-state index is -4.33. The molecule has 0 radical (unpaired) electrons. The molecule has 0 amide bonds. The highest BCUT2D eigenvalue weighted by Gasteiger charge is 2.49. The Bertz CT molecular complexity index is 1370. The SMILES string of the molecule is COc1ccc([C@]2(CCN(Cc3ccc(OC4CC5(CCN(CC(=O)O)CC5)C4)cc3)CC(C)(C)C(F)(F)F)CCOC(C)(C)C2)cc1.Cl.Cl. The molecule has 2 saturated heterocycles. The van der Waals surface area contributed by atoms with Crippen LogP contribution in [-0.4, -0.2) is 85.2 Å². The highest BCUT2D eigenvalue weighted by Crippen LogP contribution is 2.50. The number of carboxylic acids is 1. The first kappa shape index (κ1) is 42.2. The molecule has 7 nitrogen and oxygen atoms in total. The molecule has 1 saturated carbocycles. The van der Waals surface area contributed by atoms with Crippen LogP contribution in [-0.2, 0) is 21.5 Å². The van der Waals surface area contributed by atoms with Crippen molar-refractivity contribution < 1.29 is 37.3 Å². The Morgan fingerprint density at radius 2 is 1.58 bits per heavy atom. The van der Waals surface area contributed by atoms with Crippen molar-refractivity contribution in [2.45, 2.75) is 102 Å². The maximum absolute atomic E-state index is 14.2. The van der Waals surface area contributed by atoms with Crippen molar-refractivity contribution >= 4 is 30.8 Å². The molecule has 50 heavy (non-hydrogen) atoms. The van der Waals surface area contributed by atoms with Gasteiger partial charge in [0.1, 0.15) is 11.5 Å². The number of likely N-dealkylation sites (tertiary alicyclic amines) is 1. The number of alkyl halides is 3. The third-order valence-corrected chi connectivity index (χ3v) is 11.1. The van der Waals surface area contributed by atoms with Gasteiger partial charge in [0, 0.05) is 25.1 Å². The van der Waals surface area contributed by atoms with Crippen LogP contribution in [0.5, 0.6) is 11.5 Å². The average molecular weight is 748 g/mol. The van der Waals surface area contributed by atoms with Crippen molar-refractivity contribution in [1.29, 1.82) is 0 Å². The highest BCUT2D eigenvalue weighted by molar-refractivity contribution is 5.85. The first-order chi connectivity index (χ1) is 22.5. The van der Waals surface area contributed by atoms with Crippen molar-refractivity contribution in [2.24, 2.45) is 10.8 Å². The standard InChI is InChI=1S/C38H53F3N2O5.2ClH/c1-34(2,38(39,40)41)27-43(20-16-37(17-21-47-35(3,4)26-37)29-8-12-30(46-5)13-9-29)24-28-6-10-31(11-7-28)48-32-22-36(23-32)14-18-42(19-15-36)25-33(44)45;;/h6-13,32H,14-27H2,1-5H3,(H,44,45);2*1H/t37-;;/m1../s1. The third-order valence-electron chi connectivity index (χ3n) is 11.1. The fraction of sp³-hybridized carbons (Fsp3) is 0.658. The van der Waals surface area contributed by atoms with Crippen LogP contribution in [0.2, 0.25) is 0 Å². The molecule has 2 aromatic rings. The quantitative estimate of drug-likeness (QED) is 0.220. The monoisotopic (exact) mass is 746 g/mol. The van der Waals surface area contributed by atoms with E-state index >= 15 is 0 Å². The van der Waals surface area contributed by atoms with Crippen LogP contribution >= 0.6 is 24.8 Å². The Labute approximate surface area is 308 Å².